The molecule has 1 amide bonds. The number of hydrogen-bond donors (Lipinski definition) is 1. The number of rotatable bonds is 1. The molecular weight excluding hydrogens is 248 g/mol. The summed E-state index contributed by atoms with van der Waals surface area (Å²) in [5, 5.41) is 3.37. The second-order valence-corrected chi connectivity index (χ2v) is 6.45. The van der Waals surface area contributed by atoms with E-state index in [1.807, 2.05) is 6.07 Å². The fourth-order valence-corrected chi connectivity index (χ4v) is 4.30. The van der Waals surface area contributed by atoms with Gasteiger partial charge in [0.1, 0.15) is 0 Å². The summed E-state index contributed by atoms with van der Waals surface area (Å²) in [4.78, 5) is 15.0. The summed E-state index contributed by atoms with van der Waals surface area (Å²) in [6.07, 6.45) is 7.40. The molecule has 2 aliphatic heterocycles. The van der Waals surface area contributed by atoms with Gasteiger partial charge in [0.15, 0.2) is 0 Å². The van der Waals surface area contributed by atoms with E-state index in [1.165, 1.54) is 37.7 Å². The van der Waals surface area contributed by atoms with Crippen LogP contribution in [0.4, 0.5) is 5.69 Å². The number of fused-ring (bicyclic) bond motifs is 2. The molecule has 0 spiro atoms. The number of amides is 1. The van der Waals surface area contributed by atoms with Crippen LogP contribution < -0.4 is 5.32 Å². The van der Waals surface area contributed by atoms with Crippen molar-refractivity contribution in [3.63, 3.8) is 0 Å². The fraction of sp³-hybridized carbons (Fsp3) is 0.588. The molecular formula is C17H22N2O. The molecule has 1 aromatic carbocycles. The Kier molecular flexibility index (Phi) is 2.94. The van der Waals surface area contributed by atoms with E-state index in [9.17, 15) is 4.79 Å². The van der Waals surface area contributed by atoms with Crippen LogP contribution in [-0.4, -0.2) is 29.9 Å². The first-order valence-corrected chi connectivity index (χ1v) is 8.01. The number of anilines is 1. The number of carbonyl (C=O) groups is 1. The normalized spacial score (nSPS) is 27.9. The quantitative estimate of drug-likeness (QED) is 0.850. The molecule has 106 valence electrons. The van der Waals surface area contributed by atoms with E-state index in [-0.39, 0.29) is 5.91 Å². The summed E-state index contributed by atoms with van der Waals surface area (Å²) >= 11 is 0. The molecule has 2 atom stereocenters. The molecule has 3 aliphatic rings. The van der Waals surface area contributed by atoms with Gasteiger partial charge in [0, 0.05) is 30.4 Å². The van der Waals surface area contributed by atoms with Crippen LogP contribution in [-0.2, 0) is 6.42 Å². The lowest BCUT2D eigenvalue weighted by molar-refractivity contribution is 0.0548. The highest BCUT2D eigenvalue weighted by Gasteiger charge is 2.37. The van der Waals surface area contributed by atoms with E-state index in [4.69, 9.17) is 0 Å². The Morgan fingerprint density at radius 2 is 2.10 bits per heavy atom. The van der Waals surface area contributed by atoms with Crippen LogP contribution >= 0.6 is 0 Å². The standard InChI is InChI=1S/C17H22N2O/c20-17(14-7-6-12-8-9-18-15(12)11-14)19-10-2-4-13-3-1-5-16(13)19/h6-7,11,13,16,18H,1-5,8-10H2. The predicted octanol–water partition coefficient (Wildman–Crippen LogP) is 3.06. The van der Waals surface area contributed by atoms with E-state index in [2.05, 4.69) is 22.3 Å². The molecule has 2 fully saturated rings. The van der Waals surface area contributed by atoms with Gasteiger partial charge in [-0.2, -0.15) is 0 Å². The lowest BCUT2D eigenvalue weighted by Gasteiger charge is -2.38. The van der Waals surface area contributed by atoms with Crippen LogP contribution in [0.15, 0.2) is 18.2 Å². The molecule has 0 radical (unpaired) electrons. The minimum atomic E-state index is 0.248. The SMILES string of the molecule is O=C(c1ccc2c(c1)NCC2)N1CCCC2CCCC21. The van der Waals surface area contributed by atoms with Crippen LogP contribution in [0.25, 0.3) is 0 Å². The minimum absolute atomic E-state index is 0.248. The third kappa shape index (κ3) is 1.91. The molecule has 1 aromatic rings. The molecule has 3 heteroatoms. The van der Waals surface area contributed by atoms with Crippen molar-refractivity contribution in [2.75, 3.05) is 18.4 Å². The minimum Gasteiger partial charge on any atom is -0.384 e. The predicted molar refractivity (Wildman–Crippen MR) is 80.0 cm³/mol. The average Bonchev–Trinajstić information content (AvgIpc) is 3.13. The maximum atomic E-state index is 12.8. The summed E-state index contributed by atoms with van der Waals surface area (Å²) in [7, 11) is 0. The molecule has 2 heterocycles. The van der Waals surface area contributed by atoms with Gasteiger partial charge in [-0.05, 0) is 55.7 Å². The van der Waals surface area contributed by atoms with Gasteiger partial charge < -0.3 is 10.2 Å². The lowest BCUT2D eigenvalue weighted by atomic mass is 9.91. The number of benzene rings is 1. The Labute approximate surface area is 120 Å². The highest BCUT2D eigenvalue weighted by molar-refractivity contribution is 5.95. The summed E-state index contributed by atoms with van der Waals surface area (Å²) in [5.74, 6) is 1.01. The lowest BCUT2D eigenvalue weighted by Crippen LogP contribution is -2.46. The summed E-state index contributed by atoms with van der Waals surface area (Å²) in [5.41, 5.74) is 3.38. The smallest absolute Gasteiger partial charge is 0.254 e. The number of piperidine rings is 1. The maximum Gasteiger partial charge on any atom is 0.254 e. The van der Waals surface area contributed by atoms with E-state index in [1.54, 1.807) is 0 Å². The summed E-state index contributed by atoms with van der Waals surface area (Å²) in [6, 6.07) is 6.71. The molecule has 1 aliphatic carbocycles. The van der Waals surface area contributed by atoms with Crippen LogP contribution in [0.5, 0.6) is 0 Å². The fourth-order valence-electron chi connectivity index (χ4n) is 4.30. The molecule has 20 heavy (non-hydrogen) atoms. The highest BCUT2D eigenvalue weighted by Crippen LogP contribution is 2.37. The second-order valence-electron chi connectivity index (χ2n) is 6.45. The molecule has 1 saturated heterocycles. The largest absolute Gasteiger partial charge is 0.384 e. The zero-order chi connectivity index (χ0) is 13.5. The van der Waals surface area contributed by atoms with Crippen molar-refractivity contribution in [2.45, 2.75) is 44.6 Å². The van der Waals surface area contributed by atoms with Crippen molar-refractivity contribution in [3.8, 4) is 0 Å². The van der Waals surface area contributed by atoms with Crippen molar-refractivity contribution in [1.29, 1.82) is 0 Å². The first-order valence-electron chi connectivity index (χ1n) is 8.01. The zero-order valence-electron chi connectivity index (χ0n) is 11.9. The van der Waals surface area contributed by atoms with Crippen LogP contribution in [0.2, 0.25) is 0 Å². The second kappa shape index (κ2) is 4.80. The Morgan fingerprint density at radius 1 is 1.20 bits per heavy atom. The Bertz CT molecular complexity index is 540. The van der Waals surface area contributed by atoms with E-state index in [0.717, 1.165) is 36.7 Å². The van der Waals surface area contributed by atoms with Crippen molar-refractivity contribution >= 4 is 11.6 Å². The zero-order valence-corrected chi connectivity index (χ0v) is 11.9. The molecule has 2 unspecified atom stereocenters. The summed E-state index contributed by atoms with van der Waals surface area (Å²) < 4.78 is 0. The number of likely N-dealkylation sites (tertiary alicyclic amines) is 1. The number of nitrogens with zero attached hydrogens (tertiary/aromatic N) is 1. The van der Waals surface area contributed by atoms with Crippen LogP contribution in [0.1, 0.15) is 48.0 Å². The molecule has 4 rings (SSSR count). The highest BCUT2D eigenvalue weighted by atomic mass is 16.2. The van der Waals surface area contributed by atoms with Gasteiger partial charge >= 0.3 is 0 Å². The van der Waals surface area contributed by atoms with E-state index in [0.29, 0.717) is 6.04 Å². The van der Waals surface area contributed by atoms with Gasteiger partial charge in [-0.25, -0.2) is 0 Å². The number of hydrogen-bond acceptors (Lipinski definition) is 2. The van der Waals surface area contributed by atoms with Crippen molar-refractivity contribution in [2.24, 2.45) is 5.92 Å². The third-order valence-corrected chi connectivity index (χ3v) is 5.32. The van der Waals surface area contributed by atoms with Gasteiger partial charge in [-0.1, -0.05) is 12.5 Å². The first kappa shape index (κ1) is 12.2. The molecule has 1 N–H and O–H groups in total. The Morgan fingerprint density at radius 3 is 3.05 bits per heavy atom. The van der Waals surface area contributed by atoms with Crippen molar-refractivity contribution in [1.82, 2.24) is 4.90 Å². The van der Waals surface area contributed by atoms with Gasteiger partial charge in [-0.3, -0.25) is 4.79 Å². The van der Waals surface area contributed by atoms with Gasteiger partial charge in [0.2, 0.25) is 0 Å². The van der Waals surface area contributed by atoms with Crippen LogP contribution in [0.3, 0.4) is 0 Å². The maximum absolute atomic E-state index is 12.8. The van der Waals surface area contributed by atoms with Gasteiger partial charge in [0.25, 0.3) is 5.91 Å². The summed E-state index contributed by atoms with van der Waals surface area (Å²) in [6.45, 7) is 1.95. The van der Waals surface area contributed by atoms with Crippen molar-refractivity contribution in [3.05, 3.63) is 29.3 Å². The molecule has 0 aromatic heterocycles. The van der Waals surface area contributed by atoms with Gasteiger partial charge in [0.05, 0.1) is 0 Å². The van der Waals surface area contributed by atoms with E-state index < -0.39 is 0 Å². The molecule has 3 nitrogen and oxygen atoms in total. The molecule has 1 saturated carbocycles. The average molecular weight is 270 g/mol. The Balaban J connectivity index is 1.60. The van der Waals surface area contributed by atoms with Crippen LogP contribution in [0, 0.1) is 5.92 Å². The monoisotopic (exact) mass is 270 g/mol. The third-order valence-electron chi connectivity index (χ3n) is 5.32. The van der Waals surface area contributed by atoms with Gasteiger partial charge in [-0.15, -0.1) is 0 Å². The topological polar surface area (TPSA) is 32.3 Å². The first-order chi connectivity index (χ1) is 9.83. The van der Waals surface area contributed by atoms with Crippen molar-refractivity contribution < 1.29 is 4.79 Å². The molecule has 0 bridgehead atoms. The number of nitrogens with one attached hydrogen (secondary N) is 1. The Hall–Kier alpha value is -1.51. The van der Waals surface area contributed by atoms with E-state index >= 15 is 0 Å². The number of carbonyl (C=O) groups excluding carboxylic acids is 1.